The van der Waals surface area contributed by atoms with Crippen molar-refractivity contribution < 1.29 is 19.0 Å². The van der Waals surface area contributed by atoms with E-state index in [0.29, 0.717) is 61.8 Å². The number of halogens is 1. The summed E-state index contributed by atoms with van der Waals surface area (Å²) in [6.07, 6.45) is 0.818. The second-order valence-electron chi connectivity index (χ2n) is 9.48. The molecule has 1 aliphatic heterocycles. The molecule has 0 aromatic heterocycles. The van der Waals surface area contributed by atoms with Gasteiger partial charge in [0.1, 0.15) is 5.75 Å². The lowest BCUT2D eigenvalue weighted by atomic mass is 10.1. The molecule has 1 amide bonds. The molecule has 3 rings (SSSR count). The van der Waals surface area contributed by atoms with Gasteiger partial charge >= 0.3 is 0 Å². The Morgan fingerprint density at radius 3 is 2.56 bits per heavy atom. The number of para-hydroxylation sites is 1. The fourth-order valence-corrected chi connectivity index (χ4v) is 4.60. The number of hydrogen-bond donors (Lipinski definition) is 0. The summed E-state index contributed by atoms with van der Waals surface area (Å²) in [5.41, 5.74) is 2.05. The summed E-state index contributed by atoms with van der Waals surface area (Å²) in [4.78, 5) is 17.6. The Labute approximate surface area is 208 Å². The molecule has 186 valence electrons. The van der Waals surface area contributed by atoms with Crippen molar-refractivity contribution in [3.8, 4) is 17.2 Å². The molecule has 0 aliphatic carbocycles. The van der Waals surface area contributed by atoms with Crippen LogP contribution < -0.4 is 14.2 Å². The van der Waals surface area contributed by atoms with Gasteiger partial charge in [-0.3, -0.25) is 4.79 Å². The summed E-state index contributed by atoms with van der Waals surface area (Å²) in [7, 11) is 3.72. The number of nitrogens with zero attached hydrogens (tertiary/aromatic N) is 2. The van der Waals surface area contributed by atoms with Crippen LogP contribution in [0.5, 0.6) is 17.2 Å². The Morgan fingerprint density at radius 2 is 1.82 bits per heavy atom. The molecule has 2 aromatic rings. The number of carbonyl (C=O) groups excluding carboxylic acids is 1. The van der Waals surface area contributed by atoms with Gasteiger partial charge in [-0.2, -0.15) is 0 Å². The summed E-state index contributed by atoms with van der Waals surface area (Å²) in [5, 5.41) is 0.524. The summed E-state index contributed by atoms with van der Waals surface area (Å²) >= 11 is 6.50. The molecular weight excluding hydrogens is 452 g/mol. The Hall–Kier alpha value is -2.44. The number of fused-ring (bicyclic) bond motifs is 1. The maximum Gasteiger partial charge on any atom is 0.227 e. The van der Waals surface area contributed by atoms with Crippen molar-refractivity contribution in [3.63, 3.8) is 0 Å². The largest absolute Gasteiger partial charge is 0.496 e. The van der Waals surface area contributed by atoms with E-state index in [4.69, 9.17) is 25.8 Å². The summed E-state index contributed by atoms with van der Waals surface area (Å²) in [6.45, 7) is 9.94. The van der Waals surface area contributed by atoms with Gasteiger partial charge < -0.3 is 24.0 Å². The highest BCUT2D eigenvalue weighted by atomic mass is 35.5. The minimum Gasteiger partial charge on any atom is -0.496 e. The third kappa shape index (κ3) is 7.03. The maximum atomic E-state index is 13.5. The van der Waals surface area contributed by atoms with Gasteiger partial charge in [0.2, 0.25) is 5.91 Å². The second-order valence-corrected chi connectivity index (χ2v) is 9.88. The molecule has 0 N–H and O–H groups in total. The summed E-state index contributed by atoms with van der Waals surface area (Å²) < 4.78 is 17.1. The molecule has 2 aromatic carbocycles. The first-order valence-corrected chi connectivity index (χ1v) is 12.3. The molecule has 0 saturated heterocycles. The smallest absolute Gasteiger partial charge is 0.227 e. The first kappa shape index (κ1) is 26.2. The third-order valence-corrected chi connectivity index (χ3v) is 6.05. The number of hydrogen-bond acceptors (Lipinski definition) is 5. The Bertz CT molecular complexity index is 966. The van der Waals surface area contributed by atoms with Crippen molar-refractivity contribution in [3.05, 3.63) is 52.5 Å². The molecule has 0 fully saturated rings. The van der Waals surface area contributed by atoms with Crippen molar-refractivity contribution in [2.24, 2.45) is 11.8 Å². The highest BCUT2D eigenvalue weighted by Crippen LogP contribution is 2.38. The molecule has 1 atom stereocenters. The minimum atomic E-state index is -0.158. The maximum absolute atomic E-state index is 13.5. The van der Waals surface area contributed by atoms with Crippen LogP contribution in [0, 0.1) is 11.8 Å². The van der Waals surface area contributed by atoms with Crippen molar-refractivity contribution in [2.75, 3.05) is 40.5 Å². The lowest BCUT2D eigenvalue weighted by Gasteiger charge is -2.30. The van der Waals surface area contributed by atoms with E-state index in [1.165, 1.54) is 0 Å². The summed E-state index contributed by atoms with van der Waals surface area (Å²) in [5.74, 6) is 2.43. The van der Waals surface area contributed by atoms with Gasteiger partial charge in [0.25, 0.3) is 0 Å². The highest BCUT2D eigenvalue weighted by Gasteiger charge is 2.24. The zero-order valence-electron chi connectivity index (χ0n) is 21.0. The van der Waals surface area contributed by atoms with E-state index >= 15 is 0 Å². The Kier molecular flexibility index (Phi) is 9.48. The lowest BCUT2D eigenvalue weighted by molar-refractivity contribution is -0.136. The summed E-state index contributed by atoms with van der Waals surface area (Å²) in [6, 6.07) is 11.8. The molecule has 0 radical (unpaired) electrons. The molecule has 1 aliphatic rings. The molecule has 1 unspecified atom stereocenters. The van der Waals surface area contributed by atoms with Gasteiger partial charge in [-0.15, -0.1) is 0 Å². The van der Waals surface area contributed by atoms with Gasteiger partial charge in [0, 0.05) is 44.1 Å². The van der Waals surface area contributed by atoms with E-state index in [1.54, 1.807) is 7.11 Å². The van der Waals surface area contributed by atoms with Gasteiger partial charge in [-0.25, -0.2) is 0 Å². The van der Waals surface area contributed by atoms with E-state index in [9.17, 15) is 4.79 Å². The average Bonchev–Trinajstić information content (AvgIpc) is 3.04. The molecule has 0 saturated carbocycles. The van der Waals surface area contributed by atoms with Crippen LogP contribution in [-0.2, 0) is 17.9 Å². The number of ether oxygens (including phenoxy) is 3. The number of amides is 1. The molecule has 0 bridgehead atoms. The fraction of sp³-hybridized carbons (Fsp3) is 0.519. The van der Waals surface area contributed by atoms with Gasteiger partial charge in [0.05, 0.1) is 25.3 Å². The fourth-order valence-electron chi connectivity index (χ4n) is 4.32. The molecular formula is C27H37ClN2O4. The van der Waals surface area contributed by atoms with Crippen LogP contribution in [0.2, 0.25) is 5.02 Å². The first-order valence-electron chi connectivity index (χ1n) is 12.0. The van der Waals surface area contributed by atoms with Crippen LogP contribution in [0.1, 0.15) is 38.3 Å². The van der Waals surface area contributed by atoms with Gasteiger partial charge in [-0.05, 0) is 36.7 Å². The Morgan fingerprint density at radius 1 is 1.09 bits per heavy atom. The van der Waals surface area contributed by atoms with E-state index < -0.39 is 0 Å². The highest BCUT2D eigenvalue weighted by molar-refractivity contribution is 6.32. The van der Waals surface area contributed by atoms with Crippen molar-refractivity contribution in [1.82, 2.24) is 9.80 Å². The zero-order valence-corrected chi connectivity index (χ0v) is 21.7. The lowest BCUT2D eigenvalue weighted by Crippen LogP contribution is -2.40. The quantitative estimate of drug-likeness (QED) is 0.456. The average molecular weight is 489 g/mol. The van der Waals surface area contributed by atoms with Gasteiger partial charge in [-0.1, -0.05) is 50.6 Å². The molecule has 34 heavy (non-hydrogen) atoms. The number of rotatable bonds is 10. The van der Waals surface area contributed by atoms with Crippen LogP contribution in [0.15, 0.2) is 36.4 Å². The minimum absolute atomic E-state index is 0.129. The molecule has 6 nitrogen and oxygen atoms in total. The monoisotopic (exact) mass is 488 g/mol. The standard InChI is InChI=1S/C27H37ClN2O4/c1-19(2)15-30(17-21-13-23(28)26-25(14-21)33-11-8-12-34-26)27(31)20(3)16-29(4)18-22-9-6-7-10-24(22)32-5/h6-7,9-10,13-14,19-20H,8,11-12,15-18H2,1-5H3. The Balaban J connectivity index is 1.70. The van der Waals surface area contributed by atoms with Crippen LogP contribution in [-0.4, -0.2) is 56.2 Å². The number of methoxy groups -OCH3 is 1. The van der Waals surface area contributed by atoms with E-state index in [-0.39, 0.29) is 11.8 Å². The molecule has 7 heteroatoms. The molecule has 0 spiro atoms. The SMILES string of the molecule is COc1ccccc1CN(C)CC(C)C(=O)N(Cc1cc(Cl)c2c(c1)OCCCO2)CC(C)C. The van der Waals surface area contributed by atoms with Crippen LogP contribution in [0.3, 0.4) is 0 Å². The van der Waals surface area contributed by atoms with Crippen LogP contribution >= 0.6 is 11.6 Å². The predicted octanol–water partition coefficient (Wildman–Crippen LogP) is 5.26. The zero-order chi connectivity index (χ0) is 24.7. The predicted molar refractivity (Wildman–Crippen MR) is 136 cm³/mol. The van der Waals surface area contributed by atoms with E-state index in [1.807, 2.05) is 49.2 Å². The number of carbonyl (C=O) groups is 1. The third-order valence-electron chi connectivity index (χ3n) is 5.77. The van der Waals surface area contributed by atoms with Crippen molar-refractivity contribution in [2.45, 2.75) is 40.3 Å². The van der Waals surface area contributed by atoms with Crippen LogP contribution in [0.25, 0.3) is 0 Å². The first-order chi connectivity index (χ1) is 16.3. The van der Waals surface area contributed by atoms with Crippen molar-refractivity contribution in [1.29, 1.82) is 0 Å². The van der Waals surface area contributed by atoms with Crippen molar-refractivity contribution >= 4 is 17.5 Å². The van der Waals surface area contributed by atoms with Crippen LogP contribution in [0.4, 0.5) is 0 Å². The second kappa shape index (κ2) is 12.3. The number of benzene rings is 2. The van der Waals surface area contributed by atoms with E-state index in [2.05, 4.69) is 24.8 Å². The van der Waals surface area contributed by atoms with Gasteiger partial charge in [0.15, 0.2) is 11.5 Å². The van der Waals surface area contributed by atoms with E-state index in [0.717, 1.165) is 23.3 Å². The normalized spacial score (nSPS) is 14.1. The topological polar surface area (TPSA) is 51.2 Å². The molecule has 1 heterocycles.